The first kappa shape index (κ1) is 11.1. The van der Waals surface area contributed by atoms with E-state index in [9.17, 15) is 14.9 Å². The molecule has 0 unspecified atom stereocenters. The molecular formula is C11H11N3O3. The molecular weight excluding hydrogens is 222 g/mol. The van der Waals surface area contributed by atoms with Crippen molar-refractivity contribution in [1.82, 2.24) is 4.57 Å². The standard InChI is InChI=1S/C11H11N3O3/c12-10(15)5-7-13-6-4-8-2-1-3-9(11(8)13)14(16)17/h1-4,6H,5,7H2,(H2,12,15). The summed E-state index contributed by atoms with van der Waals surface area (Å²) >= 11 is 0. The Balaban J connectivity index is 2.49. The van der Waals surface area contributed by atoms with Crippen LogP contribution in [0.5, 0.6) is 0 Å². The van der Waals surface area contributed by atoms with Crippen LogP contribution in [0, 0.1) is 10.1 Å². The second-order valence-corrected chi connectivity index (χ2v) is 3.70. The van der Waals surface area contributed by atoms with Crippen LogP contribution in [0.25, 0.3) is 10.9 Å². The van der Waals surface area contributed by atoms with Gasteiger partial charge in [-0.1, -0.05) is 12.1 Å². The van der Waals surface area contributed by atoms with E-state index < -0.39 is 10.8 Å². The predicted molar refractivity (Wildman–Crippen MR) is 62.4 cm³/mol. The third-order valence-electron chi connectivity index (χ3n) is 2.56. The highest BCUT2D eigenvalue weighted by molar-refractivity contribution is 5.88. The van der Waals surface area contributed by atoms with E-state index in [0.717, 1.165) is 5.39 Å². The van der Waals surface area contributed by atoms with Gasteiger partial charge in [0.15, 0.2) is 0 Å². The van der Waals surface area contributed by atoms with Crippen LogP contribution in [0.2, 0.25) is 0 Å². The summed E-state index contributed by atoms with van der Waals surface area (Å²) < 4.78 is 1.68. The van der Waals surface area contributed by atoms with Gasteiger partial charge in [-0.05, 0) is 6.07 Å². The Morgan fingerprint density at radius 3 is 2.82 bits per heavy atom. The van der Waals surface area contributed by atoms with Crippen LogP contribution in [0.1, 0.15) is 6.42 Å². The first-order valence-electron chi connectivity index (χ1n) is 5.10. The topological polar surface area (TPSA) is 91.2 Å². The van der Waals surface area contributed by atoms with Gasteiger partial charge in [0.1, 0.15) is 5.52 Å². The molecule has 17 heavy (non-hydrogen) atoms. The Morgan fingerprint density at radius 1 is 1.41 bits per heavy atom. The molecule has 1 heterocycles. The number of hydrogen-bond acceptors (Lipinski definition) is 3. The van der Waals surface area contributed by atoms with E-state index in [1.807, 2.05) is 0 Å². The molecule has 0 aliphatic heterocycles. The summed E-state index contributed by atoms with van der Waals surface area (Å²) in [6.07, 6.45) is 1.89. The monoisotopic (exact) mass is 233 g/mol. The minimum Gasteiger partial charge on any atom is -0.370 e. The quantitative estimate of drug-likeness (QED) is 0.639. The lowest BCUT2D eigenvalue weighted by Crippen LogP contribution is -2.13. The first-order valence-corrected chi connectivity index (χ1v) is 5.10. The van der Waals surface area contributed by atoms with Crippen LogP contribution in [-0.2, 0) is 11.3 Å². The SMILES string of the molecule is NC(=O)CCn1ccc2cccc([N+](=O)[O-])c21. The number of para-hydroxylation sites is 1. The molecule has 0 saturated carbocycles. The van der Waals surface area contributed by atoms with Gasteiger partial charge >= 0.3 is 0 Å². The molecule has 6 nitrogen and oxygen atoms in total. The van der Waals surface area contributed by atoms with Crippen LogP contribution < -0.4 is 5.73 Å². The van der Waals surface area contributed by atoms with Crippen molar-refractivity contribution < 1.29 is 9.72 Å². The maximum absolute atomic E-state index is 10.9. The number of carbonyl (C=O) groups is 1. The van der Waals surface area contributed by atoms with E-state index in [-0.39, 0.29) is 12.1 Å². The lowest BCUT2D eigenvalue weighted by atomic mass is 10.2. The lowest BCUT2D eigenvalue weighted by Gasteiger charge is -2.03. The summed E-state index contributed by atoms with van der Waals surface area (Å²) in [5.74, 6) is -0.426. The molecule has 0 spiro atoms. The maximum atomic E-state index is 10.9. The number of carbonyl (C=O) groups excluding carboxylic acids is 1. The number of nitro benzene ring substituents is 1. The van der Waals surface area contributed by atoms with E-state index in [2.05, 4.69) is 0 Å². The molecule has 0 bridgehead atoms. The number of nitro groups is 1. The van der Waals surface area contributed by atoms with Crippen molar-refractivity contribution in [3.8, 4) is 0 Å². The summed E-state index contributed by atoms with van der Waals surface area (Å²) in [5, 5.41) is 11.7. The number of amides is 1. The minimum absolute atomic E-state index is 0.0389. The Kier molecular flexibility index (Phi) is 2.78. The summed E-state index contributed by atoms with van der Waals surface area (Å²) in [6, 6.07) is 6.66. The van der Waals surface area contributed by atoms with Gasteiger partial charge in [-0.25, -0.2) is 0 Å². The van der Waals surface area contributed by atoms with Gasteiger partial charge < -0.3 is 10.3 Å². The number of primary amides is 1. The first-order chi connectivity index (χ1) is 8.09. The number of nitrogens with two attached hydrogens (primary N) is 1. The number of fused-ring (bicyclic) bond motifs is 1. The van der Waals surface area contributed by atoms with Crippen LogP contribution in [-0.4, -0.2) is 15.4 Å². The van der Waals surface area contributed by atoms with E-state index in [1.54, 1.807) is 29.0 Å². The van der Waals surface area contributed by atoms with Gasteiger partial charge in [0, 0.05) is 30.6 Å². The number of nitrogens with zero attached hydrogens (tertiary/aromatic N) is 2. The zero-order valence-corrected chi connectivity index (χ0v) is 9.00. The summed E-state index contributed by atoms with van der Waals surface area (Å²) in [6.45, 7) is 0.351. The number of benzene rings is 1. The average Bonchev–Trinajstić information content (AvgIpc) is 2.69. The Labute approximate surface area is 96.8 Å². The highest BCUT2D eigenvalue weighted by atomic mass is 16.6. The normalized spacial score (nSPS) is 10.6. The molecule has 0 aliphatic carbocycles. The van der Waals surface area contributed by atoms with Gasteiger partial charge in [-0.2, -0.15) is 0 Å². The Hall–Kier alpha value is -2.37. The molecule has 0 fully saturated rings. The fourth-order valence-electron chi connectivity index (χ4n) is 1.81. The molecule has 1 aromatic carbocycles. The van der Waals surface area contributed by atoms with Crippen LogP contribution in [0.4, 0.5) is 5.69 Å². The number of aromatic nitrogens is 1. The molecule has 0 saturated heterocycles. The van der Waals surface area contributed by atoms with E-state index in [4.69, 9.17) is 5.73 Å². The highest BCUT2D eigenvalue weighted by Gasteiger charge is 2.15. The molecule has 88 valence electrons. The average molecular weight is 233 g/mol. The van der Waals surface area contributed by atoms with Crippen molar-refractivity contribution in [1.29, 1.82) is 0 Å². The number of hydrogen-bond donors (Lipinski definition) is 1. The Morgan fingerprint density at radius 2 is 2.18 bits per heavy atom. The lowest BCUT2D eigenvalue weighted by molar-refractivity contribution is -0.383. The van der Waals surface area contributed by atoms with Crippen molar-refractivity contribution in [2.75, 3.05) is 0 Å². The zero-order chi connectivity index (χ0) is 12.4. The molecule has 2 N–H and O–H groups in total. The van der Waals surface area contributed by atoms with E-state index in [1.165, 1.54) is 6.07 Å². The maximum Gasteiger partial charge on any atom is 0.293 e. The third kappa shape index (κ3) is 2.10. The van der Waals surface area contributed by atoms with Crippen molar-refractivity contribution in [3.63, 3.8) is 0 Å². The van der Waals surface area contributed by atoms with Gasteiger partial charge in [0.2, 0.25) is 5.91 Å². The summed E-state index contributed by atoms with van der Waals surface area (Å²) in [5.41, 5.74) is 5.63. The molecule has 0 atom stereocenters. The fraction of sp³-hybridized carbons (Fsp3) is 0.182. The number of aryl methyl sites for hydroxylation is 1. The molecule has 2 aromatic rings. The highest BCUT2D eigenvalue weighted by Crippen LogP contribution is 2.26. The van der Waals surface area contributed by atoms with Gasteiger partial charge in [-0.15, -0.1) is 0 Å². The van der Waals surface area contributed by atoms with Crippen LogP contribution in [0.3, 0.4) is 0 Å². The smallest absolute Gasteiger partial charge is 0.293 e. The summed E-state index contributed by atoms with van der Waals surface area (Å²) in [7, 11) is 0. The van der Waals surface area contributed by atoms with Crippen molar-refractivity contribution in [2.24, 2.45) is 5.73 Å². The molecule has 1 amide bonds. The second kappa shape index (κ2) is 4.25. The van der Waals surface area contributed by atoms with Crippen molar-refractivity contribution in [3.05, 3.63) is 40.6 Å². The van der Waals surface area contributed by atoms with Crippen molar-refractivity contribution >= 4 is 22.5 Å². The minimum atomic E-state index is -0.427. The van der Waals surface area contributed by atoms with Crippen molar-refractivity contribution in [2.45, 2.75) is 13.0 Å². The fourth-order valence-corrected chi connectivity index (χ4v) is 1.81. The molecule has 0 radical (unpaired) electrons. The van der Waals surface area contributed by atoms with Crippen LogP contribution >= 0.6 is 0 Å². The number of non-ortho nitro benzene ring substituents is 1. The van der Waals surface area contributed by atoms with Gasteiger partial charge in [0.25, 0.3) is 5.69 Å². The van der Waals surface area contributed by atoms with Gasteiger partial charge in [-0.3, -0.25) is 14.9 Å². The largest absolute Gasteiger partial charge is 0.370 e. The molecule has 6 heteroatoms. The number of rotatable bonds is 4. The molecule has 2 rings (SSSR count). The molecule has 1 aromatic heterocycles. The third-order valence-corrected chi connectivity index (χ3v) is 2.56. The Bertz CT molecular complexity index is 589. The summed E-state index contributed by atoms with van der Waals surface area (Å²) in [4.78, 5) is 21.2. The second-order valence-electron chi connectivity index (χ2n) is 3.70. The predicted octanol–water partition coefficient (Wildman–Crippen LogP) is 1.42. The van der Waals surface area contributed by atoms with E-state index in [0.29, 0.717) is 12.1 Å². The van der Waals surface area contributed by atoms with Gasteiger partial charge in [0.05, 0.1) is 4.92 Å². The molecule has 0 aliphatic rings. The van der Waals surface area contributed by atoms with E-state index >= 15 is 0 Å². The zero-order valence-electron chi connectivity index (χ0n) is 9.00. The van der Waals surface area contributed by atoms with Crippen LogP contribution in [0.15, 0.2) is 30.5 Å².